The zero-order valence-corrected chi connectivity index (χ0v) is 24.9. The third-order valence-corrected chi connectivity index (χ3v) is 11.6. The summed E-state index contributed by atoms with van der Waals surface area (Å²) in [5.74, 6) is 4.24. The summed E-state index contributed by atoms with van der Waals surface area (Å²) in [6, 6.07) is 0. The van der Waals surface area contributed by atoms with Gasteiger partial charge in [0.25, 0.3) is 0 Å². The van der Waals surface area contributed by atoms with Gasteiger partial charge in [0, 0.05) is 19.4 Å². The van der Waals surface area contributed by atoms with Crippen molar-refractivity contribution in [2.75, 3.05) is 6.54 Å². The molecule has 0 heterocycles. The SMILES string of the molecule is CC(C)CCC[C@@H](C)[C@H]1CC[C@H]2[C@@H]3CC=C4C[C@@H](OC(=O)NCCCCC(=O)O)CC[C@]4(C)[C@H]3CC[C@]12C. The summed E-state index contributed by atoms with van der Waals surface area (Å²) in [5.41, 5.74) is 2.32. The maximum atomic E-state index is 12.4. The number of hydrogen-bond donors (Lipinski definition) is 2. The van der Waals surface area contributed by atoms with E-state index in [9.17, 15) is 9.59 Å². The Bertz CT molecular complexity index is 867. The number of carboxylic acid groups (broad SMARTS) is 1. The summed E-state index contributed by atoms with van der Waals surface area (Å²) in [7, 11) is 0. The van der Waals surface area contributed by atoms with Gasteiger partial charge in [0.1, 0.15) is 6.10 Å². The Hall–Kier alpha value is -1.52. The molecule has 0 spiro atoms. The molecular weight excluding hydrogens is 474 g/mol. The van der Waals surface area contributed by atoms with Crippen molar-refractivity contribution in [3.8, 4) is 0 Å². The number of unbranched alkanes of at least 4 members (excludes halogenated alkanes) is 1. The van der Waals surface area contributed by atoms with Gasteiger partial charge in [-0.25, -0.2) is 4.79 Å². The van der Waals surface area contributed by atoms with Crippen molar-refractivity contribution in [1.82, 2.24) is 5.32 Å². The van der Waals surface area contributed by atoms with E-state index in [-0.39, 0.29) is 24.0 Å². The number of alkyl carbamates (subject to hydrolysis) is 1. The number of carboxylic acids is 1. The third-order valence-electron chi connectivity index (χ3n) is 11.6. The molecule has 0 aromatic heterocycles. The maximum Gasteiger partial charge on any atom is 0.407 e. The number of fused-ring (bicyclic) bond motifs is 5. The Morgan fingerprint density at radius 1 is 1.03 bits per heavy atom. The summed E-state index contributed by atoms with van der Waals surface area (Å²) < 4.78 is 5.81. The molecule has 0 aliphatic heterocycles. The van der Waals surface area contributed by atoms with Gasteiger partial charge in [-0.1, -0.05) is 65.5 Å². The molecule has 38 heavy (non-hydrogen) atoms. The fourth-order valence-electron chi connectivity index (χ4n) is 9.54. The highest BCUT2D eigenvalue weighted by molar-refractivity contribution is 5.67. The molecule has 2 N–H and O–H groups in total. The molecule has 4 rings (SSSR count). The highest BCUT2D eigenvalue weighted by Gasteiger charge is 2.59. The lowest BCUT2D eigenvalue weighted by atomic mass is 9.47. The van der Waals surface area contributed by atoms with Gasteiger partial charge in [-0.3, -0.25) is 4.79 Å². The quantitative estimate of drug-likeness (QED) is 0.208. The van der Waals surface area contributed by atoms with Gasteiger partial charge in [-0.15, -0.1) is 0 Å². The smallest absolute Gasteiger partial charge is 0.407 e. The van der Waals surface area contributed by atoms with Crippen LogP contribution in [0.25, 0.3) is 0 Å². The zero-order chi connectivity index (χ0) is 27.5. The number of aliphatic carboxylic acids is 1. The van der Waals surface area contributed by atoms with Crippen LogP contribution in [-0.4, -0.2) is 29.8 Å². The number of ether oxygens (including phenoxy) is 1. The fraction of sp³-hybridized carbons (Fsp3) is 0.879. The Balaban J connectivity index is 1.32. The van der Waals surface area contributed by atoms with E-state index in [4.69, 9.17) is 9.84 Å². The molecule has 0 unspecified atom stereocenters. The zero-order valence-electron chi connectivity index (χ0n) is 24.9. The Labute approximate surface area is 231 Å². The second-order valence-electron chi connectivity index (χ2n) is 14.3. The molecule has 0 radical (unpaired) electrons. The molecule has 4 aliphatic rings. The van der Waals surface area contributed by atoms with Crippen molar-refractivity contribution in [1.29, 1.82) is 0 Å². The van der Waals surface area contributed by atoms with Crippen molar-refractivity contribution >= 4 is 12.1 Å². The maximum absolute atomic E-state index is 12.4. The number of hydrogen-bond acceptors (Lipinski definition) is 3. The van der Waals surface area contributed by atoms with Crippen molar-refractivity contribution in [2.45, 2.75) is 131 Å². The molecule has 0 bridgehead atoms. The summed E-state index contributed by atoms with van der Waals surface area (Å²) in [6.45, 7) is 12.9. The predicted molar refractivity (Wildman–Crippen MR) is 153 cm³/mol. The van der Waals surface area contributed by atoms with Crippen LogP contribution in [0.5, 0.6) is 0 Å². The van der Waals surface area contributed by atoms with Crippen LogP contribution >= 0.6 is 0 Å². The van der Waals surface area contributed by atoms with Crippen LogP contribution in [0.1, 0.15) is 125 Å². The van der Waals surface area contributed by atoms with Crippen LogP contribution in [-0.2, 0) is 9.53 Å². The summed E-state index contributed by atoms with van der Waals surface area (Å²) >= 11 is 0. The first kappa shape index (κ1) is 29.5. The lowest BCUT2D eigenvalue weighted by molar-refractivity contribution is -0.137. The number of amides is 1. The van der Waals surface area contributed by atoms with Crippen molar-refractivity contribution in [3.63, 3.8) is 0 Å². The molecular formula is C33H55NO4. The average Bonchev–Trinajstić information content (AvgIpc) is 3.21. The number of allylic oxidation sites excluding steroid dienone is 1. The molecule has 0 saturated heterocycles. The van der Waals surface area contributed by atoms with E-state index in [1.165, 1.54) is 51.4 Å². The van der Waals surface area contributed by atoms with Crippen molar-refractivity contribution in [3.05, 3.63) is 11.6 Å². The molecule has 5 nitrogen and oxygen atoms in total. The average molecular weight is 530 g/mol. The van der Waals surface area contributed by atoms with E-state index >= 15 is 0 Å². The Morgan fingerprint density at radius 3 is 2.55 bits per heavy atom. The number of carbonyl (C=O) groups excluding carboxylic acids is 1. The largest absolute Gasteiger partial charge is 0.481 e. The fourth-order valence-corrected chi connectivity index (χ4v) is 9.54. The minimum absolute atomic E-state index is 0.0405. The van der Waals surface area contributed by atoms with Gasteiger partial charge in [0.05, 0.1) is 0 Å². The van der Waals surface area contributed by atoms with Crippen LogP contribution in [0.3, 0.4) is 0 Å². The second-order valence-corrected chi connectivity index (χ2v) is 14.3. The van der Waals surface area contributed by atoms with Crippen LogP contribution < -0.4 is 5.32 Å². The number of nitrogens with one attached hydrogen (secondary N) is 1. The van der Waals surface area contributed by atoms with Crippen molar-refractivity contribution in [2.24, 2.45) is 46.3 Å². The topological polar surface area (TPSA) is 75.6 Å². The van der Waals surface area contributed by atoms with Crippen LogP contribution in [0.2, 0.25) is 0 Å². The van der Waals surface area contributed by atoms with Gasteiger partial charge < -0.3 is 15.2 Å². The minimum Gasteiger partial charge on any atom is -0.481 e. The standard InChI is InChI=1S/C33H55NO4/c1-22(2)9-8-10-23(3)27-14-15-28-26-13-12-24-21-25(38-31(37)34-20-7-6-11-30(35)36)16-18-32(24,4)29(26)17-19-33(27,28)5/h12,22-23,25-29H,6-11,13-21H2,1-5H3,(H,34,37)(H,35,36)/t23-,25+,26+,27-,28+,29+,32+,33-/m1/s1. The highest BCUT2D eigenvalue weighted by atomic mass is 16.6. The summed E-state index contributed by atoms with van der Waals surface area (Å²) in [5, 5.41) is 11.6. The van der Waals surface area contributed by atoms with Gasteiger partial charge in [0.2, 0.25) is 0 Å². The van der Waals surface area contributed by atoms with Gasteiger partial charge in [-0.05, 0) is 104 Å². The molecule has 5 heteroatoms. The minimum atomic E-state index is -0.789. The van der Waals surface area contributed by atoms with E-state index in [1.54, 1.807) is 5.57 Å². The van der Waals surface area contributed by atoms with Crippen LogP contribution in [0.15, 0.2) is 11.6 Å². The summed E-state index contributed by atoms with van der Waals surface area (Å²) in [6.07, 6.45) is 17.5. The van der Waals surface area contributed by atoms with Gasteiger partial charge in [-0.2, -0.15) is 0 Å². The first-order chi connectivity index (χ1) is 18.0. The first-order valence-electron chi connectivity index (χ1n) is 15.9. The van der Waals surface area contributed by atoms with Crippen molar-refractivity contribution < 1.29 is 19.4 Å². The molecule has 3 saturated carbocycles. The lowest BCUT2D eigenvalue weighted by Gasteiger charge is -2.58. The predicted octanol–water partition coefficient (Wildman–Crippen LogP) is 8.38. The third kappa shape index (κ3) is 6.28. The Morgan fingerprint density at radius 2 is 1.82 bits per heavy atom. The van der Waals surface area contributed by atoms with E-state index in [1.807, 2.05) is 0 Å². The van der Waals surface area contributed by atoms with Crippen LogP contribution in [0.4, 0.5) is 4.79 Å². The Kier molecular flexibility index (Phi) is 9.56. The number of carbonyl (C=O) groups is 2. The molecule has 0 aromatic carbocycles. The van der Waals surface area contributed by atoms with E-state index in [0.717, 1.165) is 54.8 Å². The van der Waals surface area contributed by atoms with Gasteiger partial charge in [0.15, 0.2) is 0 Å². The molecule has 1 amide bonds. The monoisotopic (exact) mass is 529 g/mol. The highest BCUT2D eigenvalue weighted by Crippen LogP contribution is 2.67. The van der Waals surface area contributed by atoms with E-state index in [0.29, 0.717) is 24.8 Å². The normalized spacial score (nSPS) is 37.0. The van der Waals surface area contributed by atoms with Gasteiger partial charge >= 0.3 is 12.1 Å². The summed E-state index contributed by atoms with van der Waals surface area (Å²) in [4.78, 5) is 23.0. The van der Waals surface area contributed by atoms with Crippen LogP contribution in [0, 0.1) is 46.3 Å². The molecule has 4 aliphatic carbocycles. The first-order valence-corrected chi connectivity index (χ1v) is 15.9. The molecule has 8 atom stereocenters. The lowest BCUT2D eigenvalue weighted by Crippen LogP contribution is -2.51. The molecule has 216 valence electrons. The van der Waals surface area contributed by atoms with E-state index in [2.05, 4.69) is 46.0 Å². The molecule has 0 aromatic rings. The second kappa shape index (κ2) is 12.3. The van der Waals surface area contributed by atoms with E-state index < -0.39 is 5.97 Å². The molecule has 3 fully saturated rings. The number of rotatable bonds is 11.